The fourth-order valence-electron chi connectivity index (χ4n) is 3.49. The second-order valence-corrected chi connectivity index (χ2v) is 5.65. The van der Waals surface area contributed by atoms with E-state index in [0.29, 0.717) is 35.1 Å². The number of fused-ring (bicyclic) bond motifs is 4. The lowest BCUT2D eigenvalue weighted by molar-refractivity contribution is 0.0977. The third kappa shape index (κ3) is 1.63. The molecule has 21 heavy (non-hydrogen) atoms. The summed E-state index contributed by atoms with van der Waals surface area (Å²) in [6.45, 7) is 0. The zero-order chi connectivity index (χ0) is 14.6. The van der Waals surface area contributed by atoms with Crippen molar-refractivity contribution < 1.29 is 14.0 Å². The second-order valence-electron chi connectivity index (χ2n) is 5.65. The van der Waals surface area contributed by atoms with Gasteiger partial charge in [0.25, 0.3) is 0 Å². The third-order valence-electron chi connectivity index (χ3n) is 4.49. The lowest BCUT2D eigenvalue weighted by atomic mass is 9.77. The maximum absolute atomic E-state index is 14.3. The Labute approximate surface area is 121 Å². The summed E-state index contributed by atoms with van der Waals surface area (Å²) in [5.74, 6) is -0.727. The highest BCUT2D eigenvalue weighted by molar-refractivity contribution is 6.29. The van der Waals surface area contributed by atoms with Crippen LogP contribution < -0.4 is 0 Å². The number of hydrogen-bond donors (Lipinski definition) is 0. The van der Waals surface area contributed by atoms with Gasteiger partial charge in [0.15, 0.2) is 11.6 Å². The Morgan fingerprint density at radius 3 is 2.14 bits per heavy atom. The van der Waals surface area contributed by atoms with Crippen molar-refractivity contribution in [2.45, 2.75) is 25.7 Å². The van der Waals surface area contributed by atoms with E-state index in [1.165, 1.54) is 6.07 Å². The Balaban J connectivity index is 2.05. The maximum Gasteiger partial charge on any atom is 0.194 e. The van der Waals surface area contributed by atoms with Gasteiger partial charge in [-0.15, -0.1) is 0 Å². The average Bonchev–Trinajstić information content (AvgIpc) is 2.53. The Kier molecular flexibility index (Phi) is 2.58. The molecule has 0 spiro atoms. The SMILES string of the molecule is O=C1c2ccccc2C(=O)c2c1cc(F)c1c2CCCC1. The smallest absolute Gasteiger partial charge is 0.194 e. The molecule has 0 aliphatic heterocycles. The van der Waals surface area contributed by atoms with E-state index >= 15 is 0 Å². The first-order valence-corrected chi connectivity index (χ1v) is 7.21. The summed E-state index contributed by atoms with van der Waals surface area (Å²) < 4.78 is 14.3. The Bertz CT molecular complexity index is 805. The molecule has 0 heterocycles. The highest BCUT2D eigenvalue weighted by Gasteiger charge is 2.34. The van der Waals surface area contributed by atoms with E-state index in [2.05, 4.69) is 0 Å². The second kappa shape index (κ2) is 4.35. The van der Waals surface area contributed by atoms with Gasteiger partial charge in [-0.05, 0) is 42.9 Å². The predicted molar refractivity (Wildman–Crippen MR) is 76.3 cm³/mol. The number of rotatable bonds is 0. The summed E-state index contributed by atoms with van der Waals surface area (Å²) >= 11 is 0. The normalized spacial score (nSPS) is 16.2. The number of hydrogen-bond acceptors (Lipinski definition) is 2. The summed E-state index contributed by atoms with van der Waals surface area (Å²) in [6, 6.07) is 8.05. The molecule has 0 fully saturated rings. The first-order chi connectivity index (χ1) is 10.2. The summed E-state index contributed by atoms with van der Waals surface area (Å²) in [7, 11) is 0. The molecule has 0 amide bonds. The van der Waals surface area contributed by atoms with E-state index in [4.69, 9.17) is 0 Å². The molecular weight excluding hydrogens is 267 g/mol. The fourth-order valence-corrected chi connectivity index (χ4v) is 3.49. The van der Waals surface area contributed by atoms with Crippen LogP contribution in [0, 0.1) is 5.82 Å². The van der Waals surface area contributed by atoms with E-state index in [0.717, 1.165) is 18.4 Å². The third-order valence-corrected chi connectivity index (χ3v) is 4.49. The first kappa shape index (κ1) is 12.5. The molecule has 104 valence electrons. The zero-order valence-electron chi connectivity index (χ0n) is 11.4. The highest BCUT2D eigenvalue weighted by atomic mass is 19.1. The topological polar surface area (TPSA) is 34.1 Å². The van der Waals surface area contributed by atoms with Crippen molar-refractivity contribution in [3.8, 4) is 0 Å². The van der Waals surface area contributed by atoms with Crippen LogP contribution in [-0.2, 0) is 12.8 Å². The summed E-state index contributed by atoms with van der Waals surface area (Å²) in [6.07, 6.45) is 3.20. The Morgan fingerprint density at radius 2 is 1.43 bits per heavy atom. The van der Waals surface area contributed by atoms with Gasteiger partial charge in [-0.2, -0.15) is 0 Å². The Hall–Kier alpha value is -2.29. The molecule has 0 N–H and O–H groups in total. The van der Waals surface area contributed by atoms with Crippen LogP contribution in [0.25, 0.3) is 0 Å². The molecule has 0 radical (unpaired) electrons. The molecule has 2 nitrogen and oxygen atoms in total. The molecule has 2 aromatic carbocycles. The van der Waals surface area contributed by atoms with Crippen molar-refractivity contribution >= 4 is 11.6 Å². The van der Waals surface area contributed by atoms with Crippen LogP contribution in [0.4, 0.5) is 4.39 Å². The van der Waals surface area contributed by atoms with Gasteiger partial charge in [0.05, 0.1) is 0 Å². The lowest BCUT2D eigenvalue weighted by Gasteiger charge is -2.25. The highest BCUT2D eigenvalue weighted by Crippen LogP contribution is 2.35. The summed E-state index contributed by atoms with van der Waals surface area (Å²) in [4.78, 5) is 25.3. The largest absolute Gasteiger partial charge is 0.289 e. The van der Waals surface area contributed by atoms with Crippen LogP contribution in [-0.4, -0.2) is 11.6 Å². The van der Waals surface area contributed by atoms with Crippen molar-refractivity contribution in [3.05, 3.63) is 69.5 Å². The first-order valence-electron chi connectivity index (χ1n) is 7.21. The van der Waals surface area contributed by atoms with Crippen molar-refractivity contribution in [3.63, 3.8) is 0 Å². The van der Waals surface area contributed by atoms with Crippen molar-refractivity contribution in [2.24, 2.45) is 0 Å². The van der Waals surface area contributed by atoms with Gasteiger partial charge in [0, 0.05) is 22.3 Å². The maximum atomic E-state index is 14.3. The minimum absolute atomic E-state index is 0.140. The molecule has 2 aliphatic carbocycles. The van der Waals surface area contributed by atoms with Gasteiger partial charge in [-0.1, -0.05) is 24.3 Å². The fraction of sp³-hybridized carbons (Fsp3) is 0.222. The van der Waals surface area contributed by atoms with Crippen LogP contribution in [0.2, 0.25) is 0 Å². The molecule has 0 saturated carbocycles. The lowest BCUT2D eigenvalue weighted by Crippen LogP contribution is -2.25. The monoisotopic (exact) mass is 280 g/mol. The van der Waals surface area contributed by atoms with Gasteiger partial charge in [-0.3, -0.25) is 9.59 Å². The van der Waals surface area contributed by atoms with Crippen LogP contribution >= 0.6 is 0 Å². The van der Waals surface area contributed by atoms with Crippen molar-refractivity contribution in [2.75, 3.05) is 0 Å². The molecule has 0 bridgehead atoms. The number of carbonyl (C=O) groups is 2. The van der Waals surface area contributed by atoms with E-state index in [1.54, 1.807) is 24.3 Å². The molecule has 2 aliphatic rings. The molecule has 0 unspecified atom stereocenters. The van der Waals surface area contributed by atoms with Gasteiger partial charge in [0.1, 0.15) is 5.82 Å². The molecular formula is C18H13FO2. The van der Waals surface area contributed by atoms with E-state index in [-0.39, 0.29) is 22.9 Å². The molecule has 0 atom stereocenters. The molecule has 0 saturated heterocycles. The quantitative estimate of drug-likeness (QED) is 0.632. The van der Waals surface area contributed by atoms with Gasteiger partial charge < -0.3 is 0 Å². The standard InChI is InChI=1S/C18H13FO2/c19-15-9-14-16(11-6-2-1-5-10(11)15)18(21)13-8-4-3-7-12(13)17(14)20/h3-4,7-9H,1-2,5-6H2. The number of ketones is 2. The summed E-state index contributed by atoms with van der Waals surface area (Å²) in [5, 5.41) is 0. The van der Waals surface area contributed by atoms with Crippen molar-refractivity contribution in [1.82, 2.24) is 0 Å². The molecule has 0 aromatic heterocycles. The van der Waals surface area contributed by atoms with Crippen LogP contribution in [0.5, 0.6) is 0 Å². The van der Waals surface area contributed by atoms with Crippen LogP contribution in [0.1, 0.15) is 55.8 Å². The van der Waals surface area contributed by atoms with E-state index in [9.17, 15) is 14.0 Å². The van der Waals surface area contributed by atoms with Crippen molar-refractivity contribution in [1.29, 1.82) is 0 Å². The molecule has 2 aromatic rings. The van der Waals surface area contributed by atoms with E-state index in [1.807, 2.05) is 0 Å². The van der Waals surface area contributed by atoms with Gasteiger partial charge >= 0.3 is 0 Å². The number of benzene rings is 2. The summed E-state index contributed by atoms with van der Waals surface area (Å²) in [5.41, 5.74) is 2.87. The molecule has 4 rings (SSSR count). The molecule has 3 heteroatoms. The minimum Gasteiger partial charge on any atom is -0.289 e. The number of carbonyl (C=O) groups excluding carboxylic acids is 2. The van der Waals surface area contributed by atoms with E-state index < -0.39 is 0 Å². The number of halogens is 1. The Morgan fingerprint density at radius 1 is 0.810 bits per heavy atom. The average molecular weight is 280 g/mol. The zero-order valence-corrected chi connectivity index (χ0v) is 11.4. The van der Waals surface area contributed by atoms with Gasteiger partial charge in [-0.25, -0.2) is 4.39 Å². The minimum atomic E-state index is -0.344. The van der Waals surface area contributed by atoms with Crippen LogP contribution in [0.15, 0.2) is 30.3 Å². The van der Waals surface area contributed by atoms with Crippen LogP contribution in [0.3, 0.4) is 0 Å². The van der Waals surface area contributed by atoms with Gasteiger partial charge in [0.2, 0.25) is 0 Å². The predicted octanol–water partition coefficient (Wildman–Crippen LogP) is 3.48.